The Morgan fingerprint density at radius 1 is 1.16 bits per heavy atom. The van der Waals surface area contributed by atoms with Gasteiger partial charge in [-0.15, -0.1) is 0 Å². The molecule has 1 heterocycles. The highest BCUT2D eigenvalue weighted by Crippen LogP contribution is 2.23. The maximum atomic E-state index is 12.7. The molecule has 32 heavy (non-hydrogen) atoms. The number of carbonyl (C=O) groups is 1. The van der Waals surface area contributed by atoms with E-state index in [0.717, 1.165) is 5.56 Å². The zero-order valence-corrected chi connectivity index (χ0v) is 19.3. The molecule has 0 radical (unpaired) electrons. The third-order valence-corrected chi connectivity index (χ3v) is 6.28. The normalized spacial score (nSPS) is 12.5. The first-order valence-corrected chi connectivity index (χ1v) is 11.6. The lowest BCUT2D eigenvalue weighted by Gasteiger charge is -2.20. The number of hydrogen-bond acceptors (Lipinski definition) is 7. The number of methoxy groups -OCH3 is 1. The van der Waals surface area contributed by atoms with E-state index in [4.69, 9.17) is 25.6 Å². The van der Waals surface area contributed by atoms with Gasteiger partial charge in [-0.2, -0.15) is 4.72 Å². The topological polar surface area (TPSA) is 108 Å². The highest BCUT2D eigenvalue weighted by Gasteiger charge is 2.30. The maximum Gasteiger partial charge on any atom is 0.324 e. The summed E-state index contributed by atoms with van der Waals surface area (Å²) < 4.78 is 43.4. The number of ether oxygens (including phenoxy) is 2. The minimum atomic E-state index is -3.97. The van der Waals surface area contributed by atoms with Gasteiger partial charge in [0.15, 0.2) is 12.4 Å². The van der Waals surface area contributed by atoms with Crippen LogP contribution >= 0.6 is 11.6 Å². The zero-order chi connectivity index (χ0) is 23.3. The van der Waals surface area contributed by atoms with Gasteiger partial charge in [-0.05, 0) is 48.4 Å². The van der Waals surface area contributed by atoms with Crippen LogP contribution in [0.15, 0.2) is 64.0 Å². The Balaban J connectivity index is 1.66. The summed E-state index contributed by atoms with van der Waals surface area (Å²) in [5.74, 6) is -0.0511. The van der Waals surface area contributed by atoms with Gasteiger partial charge in [0.05, 0.1) is 12.0 Å². The minimum Gasteiger partial charge on any atom is -0.497 e. The molecule has 0 unspecified atom stereocenters. The molecule has 3 aromatic rings. The van der Waals surface area contributed by atoms with Crippen molar-refractivity contribution in [2.45, 2.75) is 31.4 Å². The number of benzene rings is 2. The second-order valence-electron chi connectivity index (χ2n) is 7.32. The van der Waals surface area contributed by atoms with Crippen LogP contribution in [-0.2, 0) is 26.2 Å². The van der Waals surface area contributed by atoms with Crippen LogP contribution < -0.4 is 9.46 Å². The molecule has 0 saturated carbocycles. The average molecular weight is 479 g/mol. The lowest BCUT2D eigenvalue weighted by molar-refractivity contribution is -0.148. The summed E-state index contributed by atoms with van der Waals surface area (Å²) >= 11 is 5.89. The second kappa shape index (κ2) is 10.2. The Hall–Kier alpha value is -2.88. The van der Waals surface area contributed by atoms with Gasteiger partial charge < -0.3 is 14.0 Å². The summed E-state index contributed by atoms with van der Waals surface area (Å²) in [5, 5.41) is 4.25. The van der Waals surface area contributed by atoms with E-state index in [0.29, 0.717) is 17.2 Å². The van der Waals surface area contributed by atoms with Crippen LogP contribution in [-0.4, -0.2) is 32.7 Å². The number of hydrogen-bond donors (Lipinski definition) is 1. The Kier molecular flexibility index (Phi) is 7.55. The molecule has 0 aliphatic carbocycles. The molecule has 0 aliphatic heterocycles. The third kappa shape index (κ3) is 5.87. The summed E-state index contributed by atoms with van der Waals surface area (Å²) in [6.45, 7) is 3.23. The standard InChI is InChI=1S/C22H23ClN2O6S/c1-14(2)21(25-32(27,28)19-6-4-5-16(23)11-19)22(26)30-13-18-12-20(24-31-18)15-7-9-17(29-3)10-8-15/h4-12,14,21,25H,13H2,1-3H3/t21-/m0/s1. The fourth-order valence-electron chi connectivity index (χ4n) is 2.84. The monoisotopic (exact) mass is 478 g/mol. The van der Waals surface area contributed by atoms with Crippen LogP contribution in [0.2, 0.25) is 5.02 Å². The van der Waals surface area contributed by atoms with Crippen LogP contribution in [0, 0.1) is 5.92 Å². The van der Waals surface area contributed by atoms with E-state index >= 15 is 0 Å². The van der Waals surface area contributed by atoms with E-state index in [1.165, 1.54) is 18.2 Å². The van der Waals surface area contributed by atoms with Gasteiger partial charge in [-0.1, -0.05) is 36.7 Å². The Bertz CT molecular complexity index is 1180. The maximum absolute atomic E-state index is 12.7. The van der Waals surface area contributed by atoms with Gasteiger partial charge in [0, 0.05) is 16.7 Å². The molecule has 3 rings (SSSR count). The molecule has 10 heteroatoms. The van der Waals surface area contributed by atoms with Crippen molar-refractivity contribution < 1.29 is 27.2 Å². The number of carbonyl (C=O) groups excluding carboxylic acids is 1. The summed E-state index contributed by atoms with van der Waals surface area (Å²) in [7, 11) is -2.39. The number of nitrogens with one attached hydrogen (secondary N) is 1. The van der Waals surface area contributed by atoms with Gasteiger partial charge in [0.1, 0.15) is 17.5 Å². The van der Waals surface area contributed by atoms with E-state index in [1.54, 1.807) is 45.2 Å². The molecule has 0 aliphatic rings. The first kappa shape index (κ1) is 23.8. The molecule has 8 nitrogen and oxygen atoms in total. The molecule has 0 fully saturated rings. The highest BCUT2D eigenvalue weighted by molar-refractivity contribution is 7.89. The molecule has 170 valence electrons. The van der Waals surface area contributed by atoms with Gasteiger partial charge in [-0.3, -0.25) is 4.79 Å². The van der Waals surface area contributed by atoms with Gasteiger partial charge in [-0.25, -0.2) is 8.42 Å². The number of aromatic nitrogens is 1. The molecule has 0 saturated heterocycles. The highest BCUT2D eigenvalue weighted by atomic mass is 35.5. The third-order valence-electron chi connectivity index (χ3n) is 4.61. The van der Waals surface area contributed by atoms with Gasteiger partial charge in [0.2, 0.25) is 10.0 Å². The SMILES string of the molecule is COc1ccc(-c2cc(COC(=O)[C@@H](NS(=O)(=O)c3cccc(Cl)c3)C(C)C)on2)cc1. The van der Waals surface area contributed by atoms with Crippen molar-refractivity contribution in [1.82, 2.24) is 9.88 Å². The van der Waals surface area contributed by atoms with Crippen LogP contribution in [0.5, 0.6) is 5.75 Å². The van der Waals surface area contributed by atoms with Crippen molar-refractivity contribution in [2.24, 2.45) is 5.92 Å². The first-order valence-electron chi connectivity index (χ1n) is 9.74. The Morgan fingerprint density at radius 2 is 1.88 bits per heavy atom. The molecule has 0 spiro atoms. The van der Waals surface area contributed by atoms with Crippen LogP contribution in [0.1, 0.15) is 19.6 Å². The number of halogens is 1. The van der Waals surface area contributed by atoms with Gasteiger partial charge >= 0.3 is 5.97 Å². The van der Waals surface area contributed by atoms with Crippen molar-refractivity contribution in [1.29, 1.82) is 0 Å². The van der Waals surface area contributed by atoms with E-state index in [-0.39, 0.29) is 22.4 Å². The molecular formula is C22H23ClN2O6S. The quantitative estimate of drug-likeness (QED) is 0.462. The Morgan fingerprint density at radius 3 is 2.50 bits per heavy atom. The van der Waals surface area contributed by atoms with Crippen molar-refractivity contribution in [3.05, 3.63) is 65.4 Å². The summed E-state index contributed by atoms with van der Waals surface area (Å²) in [4.78, 5) is 12.6. The second-order valence-corrected chi connectivity index (χ2v) is 9.47. The minimum absolute atomic E-state index is 0.0391. The number of sulfonamides is 1. The van der Waals surface area contributed by atoms with E-state index in [2.05, 4.69) is 9.88 Å². The molecule has 2 aromatic carbocycles. The summed E-state index contributed by atoms with van der Waals surface area (Å²) in [6.07, 6.45) is 0. The molecule has 1 aromatic heterocycles. The zero-order valence-electron chi connectivity index (χ0n) is 17.7. The van der Waals surface area contributed by atoms with Crippen molar-refractivity contribution in [3.8, 4) is 17.0 Å². The van der Waals surface area contributed by atoms with E-state index < -0.39 is 22.0 Å². The summed E-state index contributed by atoms with van der Waals surface area (Å²) in [5.41, 5.74) is 1.38. The Labute approximate surface area is 191 Å². The predicted molar refractivity (Wildman–Crippen MR) is 119 cm³/mol. The van der Waals surface area contributed by atoms with Crippen molar-refractivity contribution in [2.75, 3.05) is 7.11 Å². The molecule has 0 amide bonds. The number of esters is 1. The molecule has 0 bridgehead atoms. The van der Waals surface area contributed by atoms with Gasteiger partial charge in [0.25, 0.3) is 0 Å². The fraction of sp³-hybridized carbons (Fsp3) is 0.273. The van der Waals surface area contributed by atoms with Crippen LogP contribution in [0.3, 0.4) is 0 Å². The lowest BCUT2D eigenvalue weighted by Crippen LogP contribution is -2.45. The average Bonchev–Trinajstić information content (AvgIpc) is 3.25. The predicted octanol–water partition coefficient (Wildman–Crippen LogP) is 4.05. The fourth-order valence-corrected chi connectivity index (χ4v) is 4.47. The van der Waals surface area contributed by atoms with Crippen LogP contribution in [0.4, 0.5) is 0 Å². The molecule has 1 N–H and O–H groups in total. The number of rotatable bonds is 9. The van der Waals surface area contributed by atoms with E-state index in [1.807, 2.05) is 12.1 Å². The summed E-state index contributed by atoms with van der Waals surface area (Å²) in [6, 6.07) is 13.6. The van der Waals surface area contributed by atoms with Crippen LogP contribution in [0.25, 0.3) is 11.3 Å². The lowest BCUT2D eigenvalue weighted by atomic mass is 10.1. The number of nitrogens with zero attached hydrogens (tertiary/aromatic N) is 1. The molecule has 1 atom stereocenters. The largest absolute Gasteiger partial charge is 0.497 e. The molecular weight excluding hydrogens is 456 g/mol. The first-order chi connectivity index (χ1) is 15.2. The van der Waals surface area contributed by atoms with Crippen molar-refractivity contribution >= 4 is 27.6 Å². The van der Waals surface area contributed by atoms with E-state index in [9.17, 15) is 13.2 Å². The smallest absolute Gasteiger partial charge is 0.324 e. The van der Waals surface area contributed by atoms with Crippen molar-refractivity contribution in [3.63, 3.8) is 0 Å².